The van der Waals surface area contributed by atoms with Crippen molar-refractivity contribution >= 4 is 0 Å². The van der Waals surface area contributed by atoms with E-state index in [0.717, 1.165) is 39.4 Å². The second-order valence-electron chi connectivity index (χ2n) is 4.37. The zero-order chi connectivity index (χ0) is 11.4. The maximum atomic E-state index is 5.91. The quantitative estimate of drug-likeness (QED) is 0.822. The molecule has 0 amide bonds. The smallest absolute Gasteiger partial charge is 0.0594 e. The van der Waals surface area contributed by atoms with E-state index in [-0.39, 0.29) is 6.04 Å². The number of nitrogens with zero attached hydrogens (tertiary/aromatic N) is 2. The Labute approximate surface area is 97.0 Å². The summed E-state index contributed by atoms with van der Waals surface area (Å²) in [6.45, 7) is 7.96. The molecule has 0 bridgehead atoms. The molecule has 2 N–H and O–H groups in total. The summed E-state index contributed by atoms with van der Waals surface area (Å²) in [6.07, 6.45) is 2.11. The van der Waals surface area contributed by atoms with E-state index in [1.807, 2.05) is 6.92 Å². The molecule has 0 radical (unpaired) electrons. The molecule has 90 valence electrons. The van der Waals surface area contributed by atoms with Crippen molar-refractivity contribution in [2.75, 3.05) is 32.8 Å². The molecule has 1 aromatic heterocycles. The average Bonchev–Trinajstić information content (AvgIpc) is 2.76. The summed E-state index contributed by atoms with van der Waals surface area (Å²) in [7, 11) is 0. The molecule has 0 saturated carbocycles. The Morgan fingerprint density at radius 2 is 2.12 bits per heavy atom. The second kappa shape index (κ2) is 5.48. The van der Waals surface area contributed by atoms with Crippen LogP contribution in [0, 0.1) is 0 Å². The van der Waals surface area contributed by atoms with E-state index in [9.17, 15) is 0 Å². The van der Waals surface area contributed by atoms with Gasteiger partial charge in [-0.1, -0.05) is 0 Å². The molecule has 4 heteroatoms. The minimum atomic E-state index is 0.111. The molecule has 1 aliphatic rings. The van der Waals surface area contributed by atoms with Gasteiger partial charge in [0.1, 0.15) is 0 Å². The third kappa shape index (κ3) is 2.84. The highest BCUT2D eigenvalue weighted by Gasteiger charge is 2.11. The van der Waals surface area contributed by atoms with Gasteiger partial charge in [0.25, 0.3) is 0 Å². The van der Waals surface area contributed by atoms with E-state index in [1.165, 1.54) is 5.69 Å². The SMILES string of the molecule is CC(N)c1cccn1CCN1CCOCC1. The molecule has 2 rings (SSSR count). The zero-order valence-electron chi connectivity index (χ0n) is 9.93. The zero-order valence-corrected chi connectivity index (χ0v) is 9.93. The molecular weight excluding hydrogens is 202 g/mol. The largest absolute Gasteiger partial charge is 0.379 e. The molecule has 1 aliphatic heterocycles. The summed E-state index contributed by atoms with van der Waals surface area (Å²) < 4.78 is 7.58. The Kier molecular flexibility index (Phi) is 3.98. The number of hydrogen-bond donors (Lipinski definition) is 1. The second-order valence-corrected chi connectivity index (χ2v) is 4.37. The highest BCUT2D eigenvalue weighted by Crippen LogP contribution is 2.10. The third-order valence-electron chi connectivity index (χ3n) is 3.09. The molecule has 0 aromatic carbocycles. The molecule has 4 nitrogen and oxygen atoms in total. The predicted molar refractivity (Wildman–Crippen MR) is 64.3 cm³/mol. The number of rotatable bonds is 4. The first-order valence-electron chi connectivity index (χ1n) is 5.98. The number of aromatic nitrogens is 1. The summed E-state index contributed by atoms with van der Waals surface area (Å²) in [4.78, 5) is 2.44. The van der Waals surface area contributed by atoms with E-state index in [0.29, 0.717) is 0 Å². The lowest BCUT2D eigenvalue weighted by Crippen LogP contribution is -2.38. The van der Waals surface area contributed by atoms with Crippen LogP contribution in [0.15, 0.2) is 18.3 Å². The third-order valence-corrected chi connectivity index (χ3v) is 3.09. The van der Waals surface area contributed by atoms with Crippen LogP contribution in [0.3, 0.4) is 0 Å². The summed E-state index contributed by atoms with van der Waals surface area (Å²) in [5.41, 5.74) is 7.13. The minimum absolute atomic E-state index is 0.111. The van der Waals surface area contributed by atoms with Gasteiger partial charge in [-0.2, -0.15) is 0 Å². The van der Waals surface area contributed by atoms with Crippen LogP contribution in [-0.2, 0) is 11.3 Å². The molecule has 2 heterocycles. The number of morpholine rings is 1. The fourth-order valence-electron chi connectivity index (χ4n) is 2.12. The van der Waals surface area contributed by atoms with Crippen LogP contribution in [0.25, 0.3) is 0 Å². The Hall–Kier alpha value is -0.840. The standard InChI is InChI=1S/C12H21N3O/c1-11(13)12-3-2-4-15(12)6-5-14-7-9-16-10-8-14/h2-4,11H,5-10,13H2,1H3. The summed E-state index contributed by atoms with van der Waals surface area (Å²) in [5, 5.41) is 0. The van der Waals surface area contributed by atoms with Crippen LogP contribution in [0.1, 0.15) is 18.7 Å². The van der Waals surface area contributed by atoms with Gasteiger partial charge >= 0.3 is 0 Å². The Morgan fingerprint density at radius 1 is 1.38 bits per heavy atom. The van der Waals surface area contributed by atoms with Crippen LogP contribution < -0.4 is 5.73 Å². The van der Waals surface area contributed by atoms with Crippen molar-refractivity contribution in [3.63, 3.8) is 0 Å². The molecule has 0 spiro atoms. The van der Waals surface area contributed by atoms with E-state index in [1.54, 1.807) is 0 Å². The first-order chi connectivity index (χ1) is 7.77. The molecule has 1 unspecified atom stereocenters. The van der Waals surface area contributed by atoms with Crippen molar-refractivity contribution in [3.05, 3.63) is 24.0 Å². The molecule has 1 atom stereocenters. The maximum Gasteiger partial charge on any atom is 0.0594 e. The maximum absolute atomic E-state index is 5.91. The summed E-state index contributed by atoms with van der Waals surface area (Å²) in [6, 6.07) is 4.28. The van der Waals surface area contributed by atoms with Crippen molar-refractivity contribution in [1.82, 2.24) is 9.47 Å². The van der Waals surface area contributed by atoms with E-state index in [4.69, 9.17) is 10.5 Å². The van der Waals surface area contributed by atoms with E-state index < -0.39 is 0 Å². The van der Waals surface area contributed by atoms with Crippen molar-refractivity contribution in [2.24, 2.45) is 5.73 Å². The lowest BCUT2D eigenvalue weighted by atomic mass is 10.2. The van der Waals surface area contributed by atoms with Gasteiger partial charge in [0.15, 0.2) is 0 Å². The molecule has 0 aliphatic carbocycles. The molecule has 1 aromatic rings. The van der Waals surface area contributed by atoms with Crippen LogP contribution in [0.2, 0.25) is 0 Å². The van der Waals surface area contributed by atoms with Crippen LogP contribution in [-0.4, -0.2) is 42.3 Å². The molecular formula is C12H21N3O. The fourth-order valence-corrected chi connectivity index (χ4v) is 2.12. The lowest BCUT2D eigenvalue weighted by molar-refractivity contribution is 0.0363. The predicted octanol–water partition coefficient (Wildman–Crippen LogP) is 0.840. The number of hydrogen-bond acceptors (Lipinski definition) is 3. The van der Waals surface area contributed by atoms with Crippen molar-refractivity contribution in [2.45, 2.75) is 19.5 Å². The first kappa shape index (κ1) is 11.6. The molecule has 16 heavy (non-hydrogen) atoms. The normalized spacial score (nSPS) is 19.9. The topological polar surface area (TPSA) is 43.4 Å². The number of nitrogens with two attached hydrogens (primary N) is 1. The van der Waals surface area contributed by atoms with Gasteiger partial charge in [0.05, 0.1) is 13.2 Å². The van der Waals surface area contributed by atoms with Crippen LogP contribution >= 0.6 is 0 Å². The van der Waals surface area contributed by atoms with Crippen molar-refractivity contribution in [1.29, 1.82) is 0 Å². The fraction of sp³-hybridized carbons (Fsp3) is 0.667. The van der Waals surface area contributed by atoms with Gasteiger partial charge in [-0.15, -0.1) is 0 Å². The summed E-state index contributed by atoms with van der Waals surface area (Å²) >= 11 is 0. The van der Waals surface area contributed by atoms with Gasteiger partial charge in [0, 0.05) is 44.1 Å². The van der Waals surface area contributed by atoms with Crippen LogP contribution in [0.5, 0.6) is 0 Å². The Balaban J connectivity index is 1.86. The van der Waals surface area contributed by atoms with Gasteiger partial charge < -0.3 is 15.0 Å². The highest BCUT2D eigenvalue weighted by atomic mass is 16.5. The van der Waals surface area contributed by atoms with Crippen molar-refractivity contribution in [3.8, 4) is 0 Å². The summed E-state index contributed by atoms with van der Waals surface area (Å²) in [5.74, 6) is 0. The van der Waals surface area contributed by atoms with Crippen molar-refractivity contribution < 1.29 is 4.74 Å². The average molecular weight is 223 g/mol. The Bertz CT molecular complexity index is 316. The van der Waals surface area contributed by atoms with Crippen LogP contribution in [0.4, 0.5) is 0 Å². The Morgan fingerprint density at radius 3 is 2.81 bits per heavy atom. The monoisotopic (exact) mass is 223 g/mol. The highest BCUT2D eigenvalue weighted by molar-refractivity contribution is 5.10. The first-order valence-corrected chi connectivity index (χ1v) is 5.98. The van der Waals surface area contributed by atoms with E-state index in [2.05, 4.69) is 27.8 Å². The van der Waals surface area contributed by atoms with Gasteiger partial charge in [0.2, 0.25) is 0 Å². The molecule has 1 saturated heterocycles. The number of ether oxygens (including phenoxy) is 1. The van der Waals surface area contributed by atoms with E-state index >= 15 is 0 Å². The van der Waals surface area contributed by atoms with Gasteiger partial charge in [-0.25, -0.2) is 0 Å². The van der Waals surface area contributed by atoms with Gasteiger partial charge in [-0.3, -0.25) is 4.90 Å². The molecule has 1 fully saturated rings. The van der Waals surface area contributed by atoms with Gasteiger partial charge in [-0.05, 0) is 19.1 Å². The lowest BCUT2D eigenvalue weighted by Gasteiger charge is -2.27. The minimum Gasteiger partial charge on any atom is -0.379 e.